The number of benzene rings is 3. The number of nitrogens with two attached hydrogens (primary N) is 1. The van der Waals surface area contributed by atoms with Crippen molar-refractivity contribution < 1.29 is 23.8 Å². The number of nitrogens with one attached hydrogen (secondary N) is 1. The first-order chi connectivity index (χ1) is 16.0. The van der Waals surface area contributed by atoms with E-state index in [1.807, 2.05) is 25.1 Å². The maximum atomic E-state index is 12.8. The van der Waals surface area contributed by atoms with E-state index in [4.69, 9.17) is 19.9 Å². The molecule has 1 atom stereocenters. The van der Waals surface area contributed by atoms with Crippen LogP contribution in [0.3, 0.4) is 0 Å². The second-order valence-corrected chi connectivity index (χ2v) is 7.91. The third kappa shape index (κ3) is 5.90. The summed E-state index contributed by atoms with van der Waals surface area (Å²) in [6.45, 7) is 3.20. The van der Waals surface area contributed by atoms with Gasteiger partial charge >= 0.3 is 0 Å². The lowest BCUT2D eigenvalue weighted by Gasteiger charge is -2.16. The Morgan fingerprint density at radius 3 is 2.27 bits per heavy atom. The highest BCUT2D eigenvalue weighted by Crippen LogP contribution is 2.28. The minimum absolute atomic E-state index is 0.0913. The third-order valence-electron chi connectivity index (χ3n) is 5.33. The number of hydrogen-bond donors (Lipinski definition) is 2. The molecule has 4 rings (SSSR count). The number of amides is 2. The SMILES string of the molecule is Cc1ccc(NC(=O)c2ccc(Oc3ccc(C(N)=O)cc3)cc2)c(OCC2CCCO2)c1. The predicted octanol–water partition coefficient (Wildman–Crippen LogP) is 4.70. The number of hydrogen-bond acceptors (Lipinski definition) is 5. The van der Waals surface area contributed by atoms with Crippen LogP contribution in [0.15, 0.2) is 66.7 Å². The maximum Gasteiger partial charge on any atom is 0.255 e. The van der Waals surface area contributed by atoms with Crippen LogP contribution in [0.5, 0.6) is 17.2 Å². The van der Waals surface area contributed by atoms with Gasteiger partial charge in [0.15, 0.2) is 0 Å². The summed E-state index contributed by atoms with van der Waals surface area (Å²) in [5.74, 6) is 1.00. The summed E-state index contributed by atoms with van der Waals surface area (Å²) in [5, 5.41) is 2.93. The van der Waals surface area contributed by atoms with Crippen LogP contribution in [0.1, 0.15) is 39.1 Å². The van der Waals surface area contributed by atoms with Gasteiger partial charge in [-0.3, -0.25) is 9.59 Å². The molecule has 0 saturated carbocycles. The molecule has 3 aromatic carbocycles. The van der Waals surface area contributed by atoms with Crippen molar-refractivity contribution in [2.24, 2.45) is 5.73 Å². The van der Waals surface area contributed by atoms with Gasteiger partial charge in [0.2, 0.25) is 5.91 Å². The highest BCUT2D eigenvalue weighted by atomic mass is 16.5. The van der Waals surface area contributed by atoms with E-state index in [2.05, 4.69) is 5.32 Å². The molecule has 7 heteroatoms. The average Bonchev–Trinajstić information content (AvgIpc) is 3.34. The molecule has 170 valence electrons. The number of aryl methyl sites for hydroxylation is 1. The third-order valence-corrected chi connectivity index (χ3v) is 5.33. The molecule has 3 N–H and O–H groups in total. The lowest BCUT2D eigenvalue weighted by atomic mass is 10.1. The van der Waals surface area contributed by atoms with Gasteiger partial charge in [0, 0.05) is 17.7 Å². The zero-order valence-electron chi connectivity index (χ0n) is 18.4. The van der Waals surface area contributed by atoms with E-state index in [9.17, 15) is 9.59 Å². The van der Waals surface area contributed by atoms with Crippen LogP contribution in [-0.2, 0) is 4.74 Å². The van der Waals surface area contributed by atoms with Crippen LogP contribution in [0, 0.1) is 6.92 Å². The molecule has 0 radical (unpaired) electrons. The molecule has 1 saturated heterocycles. The molecule has 2 amide bonds. The fourth-order valence-corrected chi connectivity index (χ4v) is 3.50. The van der Waals surface area contributed by atoms with Crippen molar-refractivity contribution in [3.05, 3.63) is 83.4 Å². The van der Waals surface area contributed by atoms with Crippen LogP contribution >= 0.6 is 0 Å². The van der Waals surface area contributed by atoms with E-state index in [1.165, 1.54) is 0 Å². The first-order valence-corrected chi connectivity index (χ1v) is 10.8. The quantitative estimate of drug-likeness (QED) is 0.523. The van der Waals surface area contributed by atoms with E-state index in [0.717, 1.165) is 25.0 Å². The molecule has 0 aliphatic carbocycles. The summed E-state index contributed by atoms with van der Waals surface area (Å²) in [6, 6.07) is 19.0. The van der Waals surface area contributed by atoms with Crippen molar-refractivity contribution in [1.29, 1.82) is 0 Å². The van der Waals surface area contributed by atoms with Crippen LogP contribution < -0.4 is 20.5 Å². The Morgan fingerprint density at radius 2 is 1.67 bits per heavy atom. The summed E-state index contributed by atoms with van der Waals surface area (Å²) in [6.07, 6.45) is 2.12. The zero-order valence-corrected chi connectivity index (χ0v) is 18.4. The van der Waals surface area contributed by atoms with Gasteiger partial charge in [-0.25, -0.2) is 0 Å². The van der Waals surface area contributed by atoms with Crippen LogP contribution in [-0.4, -0.2) is 31.1 Å². The Morgan fingerprint density at radius 1 is 1.00 bits per heavy atom. The van der Waals surface area contributed by atoms with Gasteiger partial charge in [-0.2, -0.15) is 0 Å². The first-order valence-electron chi connectivity index (χ1n) is 10.8. The second kappa shape index (κ2) is 10.2. The van der Waals surface area contributed by atoms with Crippen molar-refractivity contribution in [3.63, 3.8) is 0 Å². The smallest absolute Gasteiger partial charge is 0.255 e. The van der Waals surface area contributed by atoms with Crippen molar-refractivity contribution in [2.75, 3.05) is 18.5 Å². The van der Waals surface area contributed by atoms with E-state index in [1.54, 1.807) is 48.5 Å². The van der Waals surface area contributed by atoms with Crippen molar-refractivity contribution in [2.45, 2.75) is 25.9 Å². The van der Waals surface area contributed by atoms with Crippen LogP contribution in [0.25, 0.3) is 0 Å². The normalized spacial score (nSPS) is 15.1. The summed E-state index contributed by atoms with van der Waals surface area (Å²) in [5.41, 5.74) is 7.79. The van der Waals surface area contributed by atoms with Crippen LogP contribution in [0.2, 0.25) is 0 Å². The maximum absolute atomic E-state index is 12.8. The van der Waals surface area contributed by atoms with E-state index < -0.39 is 5.91 Å². The molecule has 1 fully saturated rings. The van der Waals surface area contributed by atoms with E-state index in [-0.39, 0.29) is 12.0 Å². The van der Waals surface area contributed by atoms with Gasteiger partial charge in [-0.05, 0) is 86.0 Å². The predicted molar refractivity (Wildman–Crippen MR) is 125 cm³/mol. The largest absolute Gasteiger partial charge is 0.489 e. The lowest BCUT2D eigenvalue weighted by molar-refractivity contribution is 0.0681. The van der Waals surface area contributed by atoms with Crippen LogP contribution in [0.4, 0.5) is 5.69 Å². The fourth-order valence-electron chi connectivity index (χ4n) is 3.50. The lowest BCUT2D eigenvalue weighted by Crippen LogP contribution is -2.18. The Hall–Kier alpha value is -3.84. The Balaban J connectivity index is 1.39. The van der Waals surface area contributed by atoms with Gasteiger partial charge in [-0.15, -0.1) is 0 Å². The summed E-state index contributed by atoms with van der Waals surface area (Å²) in [4.78, 5) is 24.0. The summed E-state index contributed by atoms with van der Waals surface area (Å²) < 4.78 is 17.3. The fraction of sp³-hybridized carbons (Fsp3) is 0.231. The second-order valence-electron chi connectivity index (χ2n) is 7.91. The number of carbonyl (C=O) groups excluding carboxylic acids is 2. The number of ether oxygens (including phenoxy) is 3. The monoisotopic (exact) mass is 446 g/mol. The Kier molecular flexibility index (Phi) is 6.90. The molecule has 1 heterocycles. The van der Waals surface area contributed by atoms with E-state index >= 15 is 0 Å². The van der Waals surface area contributed by atoms with Crippen molar-refractivity contribution >= 4 is 17.5 Å². The number of carbonyl (C=O) groups is 2. The molecule has 1 aliphatic rings. The molecular weight excluding hydrogens is 420 g/mol. The Bertz CT molecular complexity index is 1120. The number of rotatable bonds is 8. The minimum atomic E-state index is -0.495. The topological polar surface area (TPSA) is 99.9 Å². The van der Waals surface area contributed by atoms with Gasteiger partial charge in [0.1, 0.15) is 23.9 Å². The highest BCUT2D eigenvalue weighted by molar-refractivity contribution is 6.05. The molecule has 7 nitrogen and oxygen atoms in total. The first kappa shape index (κ1) is 22.4. The summed E-state index contributed by atoms with van der Waals surface area (Å²) in [7, 11) is 0. The van der Waals surface area contributed by atoms with Crippen molar-refractivity contribution in [3.8, 4) is 17.2 Å². The number of anilines is 1. The van der Waals surface area contributed by atoms with Gasteiger partial charge in [-0.1, -0.05) is 6.07 Å². The van der Waals surface area contributed by atoms with Gasteiger partial charge in [0.25, 0.3) is 5.91 Å². The molecule has 33 heavy (non-hydrogen) atoms. The average molecular weight is 447 g/mol. The van der Waals surface area contributed by atoms with E-state index in [0.29, 0.717) is 40.7 Å². The van der Waals surface area contributed by atoms with Crippen molar-refractivity contribution in [1.82, 2.24) is 0 Å². The molecule has 0 bridgehead atoms. The molecule has 1 aliphatic heterocycles. The molecule has 0 aromatic heterocycles. The molecule has 3 aromatic rings. The highest BCUT2D eigenvalue weighted by Gasteiger charge is 2.18. The Labute approximate surface area is 192 Å². The molecule has 0 spiro atoms. The summed E-state index contributed by atoms with van der Waals surface area (Å²) >= 11 is 0. The zero-order chi connectivity index (χ0) is 23.2. The molecule has 1 unspecified atom stereocenters. The standard InChI is InChI=1S/C26H26N2O5/c1-17-4-13-23(24(15-17)32-16-22-3-2-14-31-22)28-26(30)19-7-11-21(12-8-19)33-20-9-5-18(6-10-20)25(27)29/h4-13,15,22H,2-3,14,16H2,1H3,(H2,27,29)(H,28,30). The molecular formula is C26H26N2O5. The number of primary amides is 1. The van der Waals surface area contributed by atoms with Gasteiger partial charge < -0.3 is 25.3 Å². The van der Waals surface area contributed by atoms with Gasteiger partial charge in [0.05, 0.1) is 11.8 Å². The minimum Gasteiger partial charge on any atom is -0.489 e.